The average Bonchev–Trinajstić information content (AvgIpc) is 3.67. The Morgan fingerprint density at radius 1 is 1.05 bits per heavy atom. The number of fused-ring (bicyclic) bond motifs is 1. The Balaban J connectivity index is 1.31. The maximum absolute atomic E-state index is 13.8. The number of nitrogens with one attached hydrogen (secondary N) is 1. The van der Waals surface area contributed by atoms with Gasteiger partial charge in [-0.1, -0.05) is 48.0 Å². The van der Waals surface area contributed by atoms with Crippen LogP contribution in [-0.2, 0) is 15.3 Å². The highest BCUT2D eigenvalue weighted by molar-refractivity contribution is 7.98. The van der Waals surface area contributed by atoms with Crippen LogP contribution in [0, 0.1) is 6.92 Å². The molecule has 0 radical (unpaired) electrons. The van der Waals surface area contributed by atoms with Gasteiger partial charge in [0.1, 0.15) is 12.1 Å². The maximum atomic E-state index is 13.8. The zero-order valence-corrected chi connectivity index (χ0v) is 22.7. The zero-order valence-electron chi connectivity index (χ0n) is 21.0. The maximum Gasteiger partial charge on any atom is 0.254 e. The van der Waals surface area contributed by atoms with Crippen LogP contribution in [0.15, 0.2) is 71.4 Å². The highest BCUT2D eigenvalue weighted by Gasteiger charge is 2.52. The molecule has 0 unspecified atom stereocenters. The van der Waals surface area contributed by atoms with Crippen molar-refractivity contribution >= 4 is 46.6 Å². The molecule has 3 heterocycles. The first kappa shape index (κ1) is 26.2. The van der Waals surface area contributed by atoms with Crippen LogP contribution in [-0.4, -0.2) is 70.3 Å². The lowest BCUT2D eigenvalue weighted by Crippen LogP contribution is -2.53. The van der Waals surface area contributed by atoms with E-state index in [1.165, 1.54) is 11.3 Å². The third-order valence-electron chi connectivity index (χ3n) is 7.01. The summed E-state index contributed by atoms with van der Waals surface area (Å²) >= 11 is 2.98. The number of thiophene rings is 1. The van der Waals surface area contributed by atoms with Crippen LogP contribution in [0.25, 0.3) is 0 Å². The Kier molecular flexibility index (Phi) is 7.95. The molecule has 3 atom stereocenters. The van der Waals surface area contributed by atoms with Crippen molar-refractivity contribution in [1.82, 2.24) is 15.1 Å². The van der Waals surface area contributed by atoms with Crippen LogP contribution >= 0.6 is 23.1 Å². The van der Waals surface area contributed by atoms with Gasteiger partial charge in [-0.2, -0.15) is 23.1 Å². The van der Waals surface area contributed by atoms with Gasteiger partial charge in [0.05, 0.1) is 18.2 Å². The van der Waals surface area contributed by atoms with E-state index in [0.717, 1.165) is 11.1 Å². The fourth-order valence-corrected chi connectivity index (χ4v) is 6.81. The predicted octanol–water partition coefficient (Wildman–Crippen LogP) is 3.78. The number of thioether (sulfide) groups is 1. The molecule has 2 aliphatic heterocycles. The van der Waals surface area contributed by atoms with E-state index in [9.17, 15) is 19.2 Å². The number of nitrogens with zero attached hydrogens (tertiary/aromatic N) is 2. The van der Waals surface area contributed by atoms with Gasteiger partial charge < -0.3 is 15.1 Å². The number of aryl methyl sites for hydroxylation is 1. The highest BCUT2D eigenvalue weighted by Crippen LogP contribution is 2.32. The van der Waals surface area contributed by atoms with Crippen LogP contribution in [0.5, 0.6) is 0 Å². The van der Waals surface area contributed by atoms with Crippen molar-refractivity contribution in [2.75, 3.05) is 18.8 Å². The minimum atomic E-state index is -0.788. The van der Waals surface area contributed by atoms with Crippen molar-refractivity contribution in [2.45, 2.75) is 37.2 Å². The molecule has 0 bridgehead atoms. The van der Waals surface area contributed by atoms with Crippen LogP contribution < -0.4 is 5.32 Å². The Hall–Kier alpha value is -3.43. The predicted molar refractivity (Wildman–Crippen MR) is 149 cm³/mol. The van der Waals surface area contributed by atoms with Crippen LogP contribution in [0.3, 0.4) is 0 Å². The normalized spacial score (nSPS) is 19.3. The summed E-state index contributed by atoms with van der Waals surface area (Å²) in [5, 5.41) is 6.47. The topological polar surface area (TPSA) is 86.8 Å². The number of benzene rings is 2. The molecule has 2 aromatic carbocycles. The summed E-state index contributed by atoms with van der Waals surface area (Å²) in [6, 6.07) is 17.2. The Morgan fingerprint density at radius 2 is 1.87 bits per heavy atom. The van der Waals surface area contributed by atoms with Gasteiger partial charge in [0, 0.05) is 29.0 Å². The van der Waals surface area contributed by atoms with Gasteiger partial charge in [-0.15, -0.1) is 0 Å². The number of hydrogen-bond donors (Lipinski definition) is 1. The van der Waals surface area contributed by atoms with Crippen molar-refractivity contribution in [2.24, 2.45) is 0 Å². The lowest BCUT2D eigenvalue weighted by atomic mass is 10.1. The summed E-state index contributed by atoms with van der Waals surface area (Å²) in [5.41, 5.74) is 3.15. The fourth-order valence-electron chi connectivity index (χ4n) is 5.16. The van der Waals surface area contributed by atoms with E-state index < -0.39 is 12.1 Å². The number of hydrogen-bond acceptors (Lipinski definition) is 6. The number of rotatable bonds is 8. The lowest BCUT2D eigenvalue weighted by molar-refractivity contribution is -0.137. The minimum Gasteiger partial charge on any atom is -0.339 e. The molecule has 0 spiro atoms. The Labute approximate surface area is 230 Å². The van der Waals surface area contributed by atoms with E-state index in [2.05, 4.69) is 5.32 Å². The van der Waals surface area contributed by atoms with Gasteiger partial charge in [-0.05, 0) is 42.5 Å². The molecular weight excluding hydrogens is 518 g/mol. The standard InChI is InChI=1S/C29H29N3O4S2/c1-19-6-5-9-21(14-19)28(35)32-15-25(33)26-24(32)10-12-31(26)29(36)23(30-27(34)22-11-13-37-17-22)18-38-16-20-7-3-2-4-8-20/h2-9,11,13-14,17,23-24,26H,10,12,15-16,18H2,1H3,(H,30,34)/t23-,24+,26-/m0/s1. The third kappa shape index (κ3) is 5.54. The fraction of sp³-hybridized carbons (Fsp3) is 0.310. The van der Waals surface area contributed by atoms with E-state index in [-0.39, 0.29) is 36.1 Å². The van der Waals surface area contributed by atoms with Gasteiger partial charge in [0.2, 0.25) is 5.91 Å². The van der Waals surface area contributed by atoms with E-state index in [1.807, 2.05) is 60.8 Å². The molecule has 2 fully saturated rings. The van der Waals surface area contributed by atoms with E-state index in [0.29, 0.717) is 35.6 Å². The number of ketones is 1. The summed E-state index contributed by atoms with van der Waals surface area (Å²) in [4.78, 5) is 56.3. The van der Waals surface area contributed by atoms with Gasteiger partial charge in [0.25, 0.3) is 11.8 Å². The van der Waals surface area contributed by atoms with Gasteiger partial charge in [0.15, 0.2) is 5.78 Å². The molecule has 3 aromatic rings. The molecule has 1 aromatic heterocycles. The molecular formula is C29H29N3O4S2. The summed E-state index contributed by atoms with van der Waals surface area (Å²) in [6.45, 7) is 2.28. The van der Waals surface area contributed by atoms with E-state index >= 15 is 0 Å². The number of carbonyl (C=O) groups is 4. The summed E-state index contributed by atoms with van der Waals surface area (Å²) in [6.07, 6.45) is 0.530. The molecule has 2 aliphatic rings. The largest absolute Gasteiger partial charge is 0.339 e. The summed E-state index contributed by atoms with van der Waals surface area (Å²) in [7, 11) is 0. The molecule has 196 valence electrons. The molecule has 9 heteroatoms. The SMILES string of the molecule is Cc1cccc(C(=O)N2CC(=O)[C@@H]3[C@H]2CCN3C(=O)[C@H](CSCc2ccccc2)NC(=O)c2ccsc2)c1. The van der Waals surface area contributed by atoms with Crippen molar-refractivity contribution < 1.29 is 19.2 Å². The van der Waals surface area contributed by atoms with Crippen molar-refractivity contribution in [1.29, 1.82) is 0 Å². The molecule has 0 aliphatic carbocycles. The second-order valence-electron chi connectivity index (χ2n) is 9.64. The number of Topliss-reactive ketones (excluding diaryl/α,β-unsaturated/α-hetero) is 1. The second-order valence-corrected chi connectivity index (χ2v) is 11.5. The molecule has 38 heavy (non-hydrogen) atoms. The molecule has 0 saturated carbocycles. The van der Waals surface area contributed by atoms with Gasteiger partial charge >= 0.3 is 0 Å². The average molecular weight is 548 g/mol. The summed E-state index contributed by atoms with van der Waals surface area (Å²) in [5.74, 6) is 0.154. The Bertz CT molecular complexity index is 1330. The monoisotopic (exact) mass is 547 g/mol. The number of amides is 3. The quantitative estimate of drug-likeness (QED) is 0.464. The van der Waals surface area contributed by atoms with Crippen molar-refractivity contribution in [3.05, 3.63) is 93.7 Å². The Morgan fingerprint density at radius 3 is 2.61 bits per heavy atom. The van der Waals surface area contributed by atoms with E-state index in [1.54, 1.807) is 39.1 Å². The first-order valence-electron chi connectivity index (χ1n) is 12.6. The molecule has 7 nitrogen and oxygen atoms in total. The van der Waals surface area contributed by atoms with Crippen molar-refractivity contribution in [3.8, 4) is 0 Å². The number of carbonyl (C=O) groups excluding carboxylic acids is 4. The third-order valence-corrected chi connectivity index (χ3v) is 8.80. The van der Waals surface area contributed by atoms with Crippen LogP contribution in [0.1, 0.15) is 38.3 Å². The molecule has 1 N–H and O–H groups in total. The number of likely N-dealkylation sites (tertiary alicyclic amines) is 2. The summed E-state index contributed by atoms with van der Waals surface area (Å²) < 4.78 is 0. The van der Waals surface area contributed by atoms with E-state index in [4.69, 9.17) is 0 Å². The van der Waals surface area contributed by atoms with Gasteiger partial charge in [-0.25, -0.2) is 0 Å². The molecule has 2 saturated heterocycles. The lowest BCUT2D eigenvalue weighted by Gasteiger charge is -2.28. The first-order valence-corrected chi connectivity index (χ1v) is 14.7. The zero-order chi connectivity index (χ0) is 26.6. The van der Waals surface area contributed by atoms with Crippen molar-refractivity contribution in [3.63, 3.8) is 0 Å². The minimum absolute atomic E-state index is 0.0133. The van der Waals surface area contributed by atoms with Gasteiger partial charge in [-0.3, -0.25) is 19.2 Å². The van der Waals surface area contributed by atoms with Crippen LogP contribution in [0.2, 0.25) is 0 Å². The highest BCUT2D eigenvalue weighted by atomic mass is 32.2. The first-order chi connectivity index (χ1) is 18.4. The molecule has 3 amide bonds. The van der Waals surface area contributed by atoms with Crippen LogP contribution in [0.4, 0.5) is 0 Å². The smallest absolute Gasteiger partial charge is 0.254 e. The molecule has 5 rings (SSSR count). The second kappa shape index (κ2) is 11.5.